The molecule has 0 radical (unpaired) electrons. The summed E-state index contributed by atoms with van der Waals surface area (Å²) < 4.78 is 0. The molecule has 1 aliphatic heterocycles. The zero-order valence-corrected chi connectivity index (χ0v) is 12.8. The molecule has 2 atom stereocenters. The molecular formula is C17H28N2. The van der Waals surface area contributed by atoms with Crippen molar-refractivity contribution in [3.63, 3.8) is 0 Å². The Hall–Kier alpha value is -1.02. The van der Waals surface area contributed by atoms with Crippen LogP contribution in [0.1, 0.15) is 39.7 Å². The van der Waals surface area contributed by atoms with Gasteiger partial charge in [-0.05, 0) is 49.4 Å². The van der Waals surface area contributed by atoms with E-state index in [4.69, 9.17) is 0 Å². The van der Waals surface area contributed by atoms with E-state index in [2.05, 4.69) is 62.2 Å². The summed E-state index contributed by atoms with van der Waals surface area (Å²) in [5, 5.41) is 3.49. The van der Waals surface area contributed by atoms with Crippen LogP contribution in [0.3, 0.4) is 0 Å². The fourth-order valence-corrected chi connectivity index (χ4v) is 2.97. The van der Waals surface area contributed by atoms with Crippen molar-refractivity contribution in [2.45, 2.75) is 46.7 Å². The van der Waals surface area contributed by atoms with Crippen molar-refractivity contribution < 1.29 is 0 Å². The van der Waals surface area contributed by atoms with Gasteiger partial charge in [-0.1, -0.05) is 32.9 Å². The average molecular weight is 260 g/mol. The molecule has 1 fully saturated rings. The summed E-state index contributed by atoms with van der Waals surface area (Å²) in [4.78, 5) is 2.54. The van der Waals surface area contributed by atoms with E-state index in [0.29, 0.717) is 12.0 Å². The quantitative estimate of drug-likeness (QED) is 0.869. The van der Waals surface area contributed by atoms with Crippen LogP contribution in [0.5, 0.6) is 0 Å². The van der Waals surface area contributed by atoms with Crippen LogP contribution in [-0.2, 0) is 6.54 Å². The number of nitrogens with zero attached hydrogens (tertiary/aromatic N) is 1. The van der Waals surface area contributed by atoms with Gasteiger partial charge in [0, 0.05) is 24.8 Å². The molecule has 1 heterocycles. The van der Waals surface area contributed by atoms with Crippen molar-refractivity contribution in [1.82, 2.24) is 5.32 Å². The van der Waals surface area contributed by atoms with Gasteiger partial charge in [-0.25, -0.2) is 0 Å². The Kier molecular flexibility index (Phi) is 4.87. The van der Waals surface area contributed by atoms with E-state index < -0.39 is 0 Å². The van der Waals surface area contributed by atoms with Crippen molar-refractivity contribution >= 4 is 5.69 Å². The lowest BCUT2D eigenvalue weighted by atomic mass is 10.1. The van der Waals surface area contributed by atoms with E-state index in [0.717, 1.165) is 19.0 Å². The van der Waals surface area contributed by atoms with Crippen LogP contribution in [-0.4, -0.2) is 19.1 Å². The standard InChI is InChI=1S/C17H28N2/c1-13(2)10-18-11-16-5-7-17(8-6-16)19-12-14(3)9-15(19)4/h5-8,13-15,18H,9-12H2,1-4H3. The second kappa shape index (κ2) is 6.42. The van der Waals surface area contributed by atoms with Crippen molar-refractivity contribution in [3.8, 4) is 0 Å². The van der Waals surface area contributed by atoms with Crippen LogP contribution in [0.25, 0.3) is 0 Å². The van der Waals surface area contributed by atoms with Crippen molar-refractivity contribution in [2.75, 3.05) is 18.0 Å². The third kappa shape index (κ3) is 3.97. The van der Waals surface area contributed by atoms with Crippen LogP contribution in [0.15, 0.2) is 24.3 Å². The van der Waals surface area contributed by atoms with Crippen molar-refractivity contribution in [1.29, 1.82) is 0 Å². The molecule has 0 amide bonds. The summed E-state index contributed by atoms with van der Waals surface area (Å²) in [6, 6.07) is 9.76. The zero-order valence-electron chi connectivity index (χ0n) is 12.8. The van der Waals surface area contributed by atoms with Gasteiger partial charge in [0.05, 0.1) is 0 Å². The second-order valence-electron chi connectivity index (χ2n) is 6.53. The molecule has 1 aromatic rings. The monoisotopic (exact) mass is 260 g/mol. The van der Waals surface area contributed by atoms with Gasteiger partial charge in [0.2, 0.25) is 0 Å². The Bertz CT molecular complexity index is 383. The lowest BCUT2D eigenvalue weighted by Crippen LogP contribution is -2.26. The largest absolute Gasteiger partial charge is 0.369 e. The maximum Gasteiger partial charge on any atom is 0.0368 e. The Morgan fingerprint density at radius 1 is 1.21 bits per heavy atom. The maximum absolute atomic E-state index is 3.49. The summed E-state index contributed by atoms with van der Waals surface area (Å²) in [6.07, 6.45) is 1.32. The molecule has 0 saturated carbocycles. The molecule has 1 aliphatic rings. The van der Waals surface area contributed by atoms with Crippen LogP contribution < -0.4 is 10.2 Å². The Morgan fingerprint density at radius 3 is 2.42 bits per heavy atom. The van der Waals surface area contributed by atoms with Gasteiger partial charge in [0.1, 0.15) is 0 Å². The van der Waals surface area contributed by atoms with Crippen LogP contribution in [0.4, 0.5) is 5.69 Å². The molecule has 2 unspecified atom stereocenters. The molecule has 1 N–H and O–H groups in total. The topological polar surface area (TPSA) is 15.3 Å². The van der Waals surface area contributed by atoms with E-state index in [-0.39, 0.29) is 0 Å². The van der Waals surface area contributed by atoms with E-state index in [1.165, 1.54) is 24.2 Å². The summed E-state index contributed by atoms with van der Waals surface area (Å²) in [6.45, 7) is 12.4. The number of hydrogen-bond donors (Lipinski definition) is 1. The van der Waals surface area contributed by atoms with Crippen molar-refractivity contribution in [2.24, 2.45) is 11.8 Å². The average Bonchev–Trinajstić information content (AvgIpc) is 2.69. The molecule has 2 heteroatoms. The highest BCUT2D eigenvalue weighted by Crippen LogP contribution is 2.28. The first kappa shape index (κ1) is 14.4. The first-order chi connectivity index (χ1) is 9.06. The molecule has 2 rings (SSSR count). The lowest BCUT2D eigenvalue weighted by molar-refractivity contribution is 0.552. The third-order valence-corrected chi connectivity index (χ3v) is 3.93. The van der Waals surface area contributed by atoms with Gasteiger partial charge < -0.3 is 10.2 Å². The predicted octanol–water partition coefficient (Wildman–Crippen LogP) is 3.67. The molecule has 0 aromatic heterocycles. The fourth-order valence-electron chi connectivity index (χ4n) is 2.97. The summed E-state index contributed by atoms with van der Waals surface area (Å²) in [5.74, 6) is 1.54. The molecule has 106 valence electrons. The molecule has 1 aromatic carbocycles. The lowest BCUT2D eigenvalue weighted by Gasteiger charge is -2.24. The minimum absolute atomic E-state index is 0.680. The normalized spacial score (nSPS) is 23.3. The zero-order chi connectivity index (χ0) is 13.8. The molecule has 0 spiro atoms. The first-order valence-corrected chi connectivity index (χ1v) is 7.62. The number of anilines is 1. The Labute approximate surface area is 118 Å². The molecular weight excluding hydrogens is 232 g/mol. The van der Waals surface area contributed by atoms with Gasteiger partial charge in [-0.3, -0.25) is 0 Å². The highest BCUT2D eigenvalue weighted by Gasteiger charge is 2.25. The third-order valence-electron chi connectivity index (χ3n) is 3.93. The molecule has 0 bridgehead atoms. The highest BCUT2D eigenvalue weighted by atomic mass is 15.2. The summed E-state index contributed by atoms with van der Waals surface area (Å²) >= 11 is 0. The van der Waals surface area contributed by atoms with Gasteiger partial charge >= 0.3 is 0 Å². The first-order valence-electron chi connectivity index (χ1n) is 7.62. The molecule has 19 heavy (non-hydrogen) atoms. The highest BCUT2D eigenvalue weighted by molar-refractivity contribution is 5.49. The van der Waals surface area contributed by atoms with E-state index in [9.17, 15) is 0 Å². The number of benzene rings is 1. The Morgan fingerprint density at radius 2 is 1.89 bits per heavy atom. The van der Waals surface area contributed by atoms with Gasteiger partial charge in [-0.2, -0.15) is 0 Å². The van der Waals surface area contributed by atoms with E-state index in [1.54, 1.807) is 0 Å². The molecule has 2 nitrogen and oxygen atoms in total. The van der Waals surface area contributed by atoms with Gasteiger partial charge in [-0.15, -0.1) is 0 Å². The van der Waals surface area contributed by atoms with Gasteiger partial charge in [0.15, 0.2) is 0 Å². The minimum atomic E-state index is 0.680. The number of nitrogens with one attached hydrogen (secondary N) is 1. The number of rotatable bonds is 5. The van der Waals surface area contributed by atoms with Crippen LogP contribution in [0.2, 0.25) is 0 Å². The minimum Gasteiger partial charge on any atom is -0.369 e. The Balaban J connectivity index is 1.91. The fraction of sp³-hybridized carbons (Fsp3) is 0.647. The summed E-state index contributed by atoms with van der Waals surface area (Å²) in [5.41, 5.74) is 2.76. The number of hydrogen-bond acceptors (Lipinski definition) is 2. The maximum atomic E-state index is 3.49. The van der Waals surface area contributed by atoms with Gasteiger partial charge in [0.25, 0.3) is 0 Å². The molecule has 0 aliphatic carbocycles. The van der Waals surface area contributed by atoms with E-state index in [1.807, 2.05) is 0 Å². The smallest absolute Gasteiger partial charge is 0.0368 e. The van der Waals surface area contributed by atoms with Crippen LogP contribution >= 0.6 is 0 Å². The second-order valence-corrected chi connectivity index (χ2v) is 6.53. The van der Waals surface area contributed by atoms with E-state index >= 15 is 0 Å². The summed E-state index contributed by atoms with van der Waals surface area (Å²) in [7, 11) is 0. The van der Waals surface area contributed by atoms with Crippen LogP contribution in [0, 0.1) is 11.8 Å². The van der Waals surface area contributed by atoms with Crippen molar-refractivity contribution in [3.05, 3.63) is 29.8 Å². The molecule has 1 saturated heterocycles. The predicted molar refractivity (Wildman–Crippen MR) is 83.6 cm³/mol. The SMILES string of the molecule is CC(C)CNCc1ccc(N2CC(C)CC2C)cc1.